The summed E-state index contributed by atoms with van der Waals surface area (Å²) in [6.45, 7) is 4.96. The van der Waals surface area contributed by atoms with E-state index in [2.05, 4.69) is 19.8 Å². The first-order valence-corrected chi connectivity index (χ1v) is 6.62. The van der Waals surface area contributed by atoms with Crippen LogP contribution in [0.2, 0.25) is 0 Å². The monoisotopic (exact) mass is 230 g/mol. The van der Waals surface area contributed by atoms with Gasteiger partial charge in [0.15, 0.2) is 0 Å². The Balaban J connectivity index is 1.57. The lowest BCUT2D eigenvalue weighted by molar-refractivity contribution is 0.155. The fraction of sp³-hybridized carbons (Fsp3) is 0.692. The van der Waals surface area contributed by atoms with Gasteiger partial charge in [-0.05, 0) is 31.7 Å². The third kappa shape index (κ3) is 1.40. The van der Waals surface area contributed by atoms with Crippen molar-refractivity contribution in [1.29, 1.82) is 0 Å². The molecule has 2 bridgehead atoms. The van der Waals surface area contributed by atoms with Gasteiger partial charge in [0.05, 0.1) is 6.20 Å². The van der Waals surface area contributed by atoms with E-state index in [9.17, 15) is 0 Å². The molecule has 4 rings (SSSR count). The highest BCUT2D eigenvalue weighted by Gasteiger charge is 2.52. The molecular formula is C13H18N4. The van der Waals surface area contributed by atoms with E-state index in [0.29, 0.717) is 5.54 Å². The molecule has 4 nitrogen and oxygen atoms in total. The Morgan fingerprint density at radius 2 is 2.29 bits per heavy atom. The third-order valence-corrected chi connectivity index (χ3v) is 4.83. The SMILES string of the molecule is c1cnc(N2CCC3(CC4CCN3C4)C2)cn1. The van der Waals surface area contributed by atoms with E-state index in [1.165, 1.54) is 32.4 Å². The molecule has 1 aromatic heterocycles. The number of anilines is 1. The Labute approximate surface area is 102 Å². The molecule has 4 heterocycles. The average Bonchev–Trinajstić information content (AvgIpc) is 3.06. The molecule has 0 radical (unpaired) electrons. The molecule has 90 valence electrons. The van der Waals surface area contributed by atoms with Gasteiger partial charge in [0.2, 0.25) is 0 Å². The van der Waals surface area contributed by atoms with Crippen LogP contribution in [-0.4, -0.2) is 46.6 Å². The summed E-state index contributed by atoms with van der Waals surface area (Å²) in [6.07, 6.45) is 9.57. The van der Waals surface area contributed by atoms with Gasteiger partial charge in [-0.15, -0.1) is 0 Å². The molecule has 3 aliphatic heterocycles. The van der Waals surface area contributed by atoms with Gasteiger partial charge in [0, 0.05) is 37.6 Å². The average molecular weight is 230 g/mol. The van der Waals surface area contributed by atoms with Crippen LogP contribution in [0.1, 0.15) is 19.3 Å². The molecule has 3 atom stereocenters. The van der Waals surface area contributed by atoms with E-state index in [0.717, 1.165) is 24.8 Å². The van der Waals surface area contributed by atoms with Gasteiger partial charge in [-0.1, -0.05) is 0 Å². The van der Waals surface area contributed by atoms with Crippen LogP contribution in [0, 0.1) is 5.92 Å². The summed E-state index contributed by atoms with van der Waals surface area (Å²) >= 11 is 0. The second-order valence-electron chi connectivity index (χ2n) is 5.76. The summed E-state index contributed by atoms with van der Waals surface area (Å²) < 4.78 is 0. The highest BCUT2D eigenvalue weighted by molar-refractivity contribution is 5.39. The Kier molecular flexibility index (Phi) is 1.98. The molecule has 1 spiro atoms. The third-order valence-electron chi connectivity index (χ3n) is 4.83. The molecule has 0 amide bonds. The summed E-state index contributed by atoms with van der Waals surface area (Å²) in [7, 11) is 0. The molecule has 3 fully saturated rings. The summed E-state index contributed by atoms with van der Waals surface area (Å²) in [5.74, 6) is 2.02. The Morgan fingerprint density at radius 3 is 3.00 bits per heavy atom. The maximum Gasteiger partial charge on any atom is 0.147 e. The number of rotatable bonds is 1. The number of aromatic nitrogens is 2. The van der Waals surface area contributed by atoms with Crippen molar-refractivity contribution in [2.45, 2.75) is 24.8 Å². The highest BCUT2D eigenvalue weighted by Crippen LogP contribution is 2.46. The number of hydrogen-bond acceptors (Lipinski definition) is 4. The second-order valence-corrected chi connectivity index (χ2v) is 5.76. The molecule has 0 N–H and O–H groups in total. The van der Waals surface area contributed by atoms with Gasteiger partial charge in [-0.3, -0.25) is 9.88 Å². The van der Waals surface area contributed by atoms with Crippen LogP contribution < -0.4 is 4.90 Å². The lowest BCUT2D eigenvalue weighted by atomic mass is 9.87. The van der Waals surface area contributed by atoms with Crippen molar-refractivity contribution in [3.8, 4) is 0 Å². The molecule has 3 aliphatic rings. The predicted molar refractivity (Wildman–Crippen MR) is 65.9 cm³/mol. The van der Waals surface area contributed by atoms with Crippen molar-refractivity contribution in [2.24, 2.45) is 5.92 Å². The fourth-order valence-corrected chi connectivity index (χ4v) is 4.03. The van der Waals surface area contributed by atoms with Gasteiger partial charge in [-0.25, -0.2) is 4.98 Å². The second kappa shape index (κ2) is 3.42. The van der Waals surface area contributed by atoms with E-state index in [-0.39, 0.29) is 0 Å². The first-order valence-electron chi connectivity index (χ1n) is 6.62. The fourth-order valence-electron chi connectivity index (χ4n) is 4.03. The van der Waals surface area contributed by atoms with Gasteiger partial charge in [0.1, 0.15) is 5.82 Å². The minimum absolute atomic E-state index is 0.473. The van der Waals surface area contributed by atoms with E-state index < -0.39 is 0 Å². The van der Waals surface area contributed by atoms with Crippen LogP contribution in [0.25, 0.3) is 0 Å². The first-order chi connectivity index (χ1) is 8.36. The van der Waals surface area contributed by atoms with Crippen molar-refractivity contribution >= 4 is 5.82 Å². The van der Waals surface area contributed by atoms with Gasteiger partial charge < -0.3 is 4.90 Å². The standard InChI is InChI=1S/C13H18N4/c1-5-17-9-11(1)7-13(17)2-6-16(10-13)12-8-14-3-4-15-12/h3-4,8,11H,1-2,5-7,9-10H2. The van der Waals surface area contributed by atoms with E-state index in [1.807, 2.05) is 6.20 Å². The molecule has 0 aromatic carbocycles. The Hall–Kier alpha value is -1.16. The summed E-state index contributed by atoms with van der Waals surface area (Å²) in [5, 5.41) is 0. The molecular weight excluding hydrogens is 212 g/mol. The molecule has 0 saturated carbocycles. The predicted octanol–water partition coefficient (Wildman–Crippen LogP) is 1.15. The molecule has 3 unspecified atom stereocenters. The smallest absolute Gasteiger partial charge is 0.147 e. The van der Waals surface area contributed by atoms with Crippen molar-refractivity contribution in [3.05, 3.63) is 18.6 Å². The van der Waals surface area contributed by atoms with Gasteiger partial charge >= 0.3 is 0 Å². The maximum absolute atomic E-state index is 4.42. The largest absolute Gasteiger partial charge is 0.353 e. The first kappa shape index (κ1) is 9.83. The summed E-state index contributed by atoms with van der Waals surface area (Å²) in [6, 6.07) is 0. The maximum atomic E-state index is 4.42. The minimum atomic E-state index is 0.473. The molecule has 17 heavy (non-hydrogen) atoms. The quantitative estimate of drug-likeness (QED) is 0.724. The van der Waals surface area contributed by atoms with E-state index in [1.54, 1.807) is 12.4 Å². The van der Waals surface area contributed by atoms with Crippen LogP contribution in [-0.2, 0) is 0 Å². The van der Waals surface area contributed by atoms with E-state index >= 15 is 0 Å². The number of piperidine rings is 1. The normalized spacial score (nSPS) is 39.4. The molecule has 1 aromatic rings. The van der Waals surface area contributed by atoms with Crippen molar-refractivity contribution in [1.82, 2.24) is 14.9 Å². The van der Waals surface area contributed by atoms with Crippen LogP contribution in [0.4, 0.5) is 5.82 Å². The molecule has 3 saturated heterocycles. The molecule has 4 heteroatoms. The summed E-state index contributed by atoms with van der Waals surface area (Å²) in [4.78, 5) is 13.7. The zero-order valence-electron chi connectivity index (χ0n) is 10.0. The van der Waals surface area contributed by atoms with Crippen LogP contribution in [0.5, 0.6) is 0 Å². The van der Waals surface area contributed by atoms with Crippen LogP contribution >= 0.6 is 0 Å². The van der Waals surface area contributed by atoms with Gasteiger partial charge in [-0.2, -0.15) is 0 Å². The van der Waals surface area contributed by atoms with Crippen molar-refractivity contribution in [3.63, 3.8) is 0 Å². The minimum Gasteiger partial charge on any atom is -0.353 e. The van der Waals surface area contributed by atoms with Crippen LogP contribution in [0.15, 0.2) is 18.6 Å². The Morgan fingerprint density at radius 1 is 1.29 bits per heavy atom. The zero-order valence-corrected chi connectivity index (χ0v) is 10.0. The van der Waals surface area contributed by atoms with Gasteiger partial charge in [0.25, 0.3) is 0 Å². The number of fused-ring (bicyclic) bond motifs is 3. The molecule has 0 aliphatic carbocycles. The van der Waals surface area contributed by atoms with Crippen molar-refractivity contribution < 1.29 is 0 Å². The van der Waals surface area contributed by atoms with Crippen molar-refractivity contribution in [2.75, 3.05) is 31.1 Å². The number of nitrogens with zero attached hydrogens (tertiary/aromatic N) is 4. The zero-order chi connectivity index (χ0) is 11.3. The lowest BCUT2D eigenvalue weighted by Gasteiger charge is -2.36. The highest BCUT2D eigenvalue weighted by atomic mass is 15.3. The number of hydrogen-bond donors (Lipinski definition) is 0. The van der Waals surface area contributed by atoms with E-state index in [4.69, 9.17) is 0 Å². The summed E-state index contributed by atoms with van der Waals surface area (Å²) in [5.41, 5.74) is 0.473. The lowest BCUT2D eigenvalue weighted by Crippen LogP contribution is -2.46. The topological polar surface area (TPSA) is 32.3 Å². The van der Waals surface area contributed by atoms with Crippen LogP contribution in [0.3, 0.4) is 0 Å². The Bertz CT molecular complexity index is 421.